The van der Waals surface area contributed by atoms with Gasteiger partial charge in [0, 0.05) is 13.0 Å². The quantitative estimate of drug-likeness (QED) is 0.834. The van der Waals surface area contributed by atoms with E-state index in [2.05, 4.69) is 15.6 Å². The minimum atomic E-state index is -0.513. The molecule has 0 spiro atoms. The van der Waals surface area contributed by atoms with Crippen molar-refractivity contribution in [2.45, 2.75) is 32.5 Å². The maximum atomic E-state index is 12.4. The average Bonchev–Trinajstić information content (AvgIpc) is 3.08. The zero-order valence-electron chi connectivity index (χ0n) is 12.3. The first-order valence-corrected chi connectivity index (χ1v) is 7.22. The van der Waals surface area contributed by atoms with E-state index in [1.807, 2.05) is 37.3 Å². The molecule has 2 heterocycles. The number of carbonyl (C=O) groups is 2. The first-order valence-electron chi connectivity index (χ1n) is 7.22. The second-order valence-electron chi connectivity index (χ2n) is 5.16. The lowest BCUT2D eigenvalue weighted by atomic mass is 10.1. The van der Waals surface area contributed by atoms with Crippen LogP contribution in [0.2, 0.25) is 0 Å². The van der Waals surface area contributed by atoms with Crippen molar-refractivity contribution in [3.8, 4) is 0 Å². The summed E-state index contributed by atoms with van der Waals surface area (Å²) in [5, 5.41) is 10.5. The van der Waals surface area contributed by atoms with Crippen molar-refractivity contribution in [2.24, 2.45) is 0 Å². The van der Waals surface area contributed by atoms with Crippen LogP contribution in [0, 0.1) is 0 Å². The van der Waals surface area contributed by atoms with E-state index in [1.165, 1.54) is 4.90 Å². The third kappa shape index (κ3) is 2.69. The lowest BCUT2D eigenvalue weighted by molar-refractivity contribution is -0.127. The molecule has 1 saturated heterocycles. The molecule has 1 unspecified atom stereocenters. The number of amides is 3. The number of nitrogens with zero attached hydrogens (tertiary/aromatic N) is 4. The molecule has 7 nitrogen and oxygen atoms in total. The number of hydrogen-bond donors (Lipinski definition) is 1. The summed E-state index contributed by atoms with van der Waals surface area (Å²) in [6.45, 7) is 2.77. The van der Waals surface area contributed by atoms with Crippen molar-refractivity contribution in [3.05, 3.63) is 47.8 Å². The van der Waals surface area contributed by atoms with Crippen LogP contribution >= 0.6 is 0 Å². The molecule has 1 atom stereocenters. The number of aryl methyl sites for hydroxylation is 1. The van der Waals surface area contributed by atoms with Gasteiger partial charge in [0.25, 0.3) is 5.91 Å². The molecule has 114 valence electrons. The van der Waals surface area contributed by atoms with Gasteiger partial charge < -0.3 is 5.32 Å². The van der Waals surface area contributed by atoms with Crippen LogP contribution < -0.4 is 5.32 Å². The average molecular weight is 299 g/mol. The van der Waals surface area contributed by atoms with Crippen LogP contribution in [-0.4, -0.2) is 37.9 Å². The molecule has 1 fully saturated rings. The van der Waals surface area contributed by atoms with Crippen LogP contribution in [0.3, 0.4) is 0 Å². The van der Waals surface area contributed by atoms with Crippen molar-refractivity contribution >= 4 is 11.9 Å². The minimum Gasteiger partial charge on any atom is -0.325 e. The van der Waals surface area contributed by atoms with Gasteiger partial charge in [0.05, 0.1) is 18.4 Å². The largest absolute Gasteiger partial charge is 0.325 e. The molecule has 1 aromatic heterocycles. The first kappa shape index (κ1) is 14.2. The highest BCUT2D eigenvalue weighted by Crippen LogP contribution is 2.15. The predicted molar refractivity (Wildman–Crippen MR) is 78.7 cm³/mol. The summed E-state index contributed by atoms with van der Waals surface area (Å²) in [4.78, 5) is 25.7. The fraction of sp³-hybridized carbons (Fsp3) is 0.333. The van der Waals surface area contributed by atoms with E-state index in [9.17, 15) is 9.59 Å². The minimum absolute atomic E-state index is 0.191. The fourth-order valence-electron chi connectivity index (χ4n) is 2.54. The lowest BCUT2D eigenvalue weighted by Crippen LogP contribution is -2.32. The maximum Gasteiger partial charge on any atom is 0.325 e. The van der Waals surface area contributed by atoms with E-state index < -0.39 is 6.04 Å². The third-order valence-electron chi connectivity index (χ3n) is 3.71. The second-order valence-corrected chi connectivity index (χ2v) is 5.16. The number of hydrogen-bond acceptors (Lipinski definition) is 4. The highest BCUT2D eigenvalue weighted by atomic mass is 16.2. The van der Waals surface area contributed by atoms with Gasteiger partial charge in [-0.3, -0.25) is 9.69 Å². The van der Waals surface area contributed by atoms with Crippen molar-refractivity contribution in [1.82, 2.24) is 25.2 Å². The van der Waals surface area contributed by atoms with E-state index in [0.717, 1.165) is 11.3 Å². The molecule has 0 saturated carbocycles. The molecular weight excluding hydrogens is 282 g/mol. The molecule has 3 amide bonds. The highest BCUT2D eigenvalue weighted by molar-refractivity contribution is 6.04. The number of nitrogens with one attached hydrogen (secondary N) is 1. The molecule has 1 aliphatic rings. The van der Waals surface area contributed by atoms with Crippen molar-refractivity contribution in [3.63, 3.8) is 0 Å². The van der Waals surface area contributed by atoms with Crippen LogP contribution in [0.4, 0.5) is 4.79 Å². The summed E-state index contributed by atoms with van der Waals surface area (Å²) in [7, 11) is 0. The van der Waals surface area contributed by atoms with E-state index in [0.29, 0.717) is 13.0 Å². The van der Waals surface area contributed by atoms with Crippen LogP contribution in [0.15, 0.2) is 36.5 Å². The Balaban J connectivity index is 1.72. The molecule has 0 radical (unpaired) electrons. The van der Waals surface area contributed by atoms with E-state index in [-0.39, 0.29) is 18.5 Å². The summed E-state index contributed by atoms with van der Waals surface area (Å²) in [5.74, 6) is -0.210. The summed E-state index contributed by atoms with van der Waals surface area (Å²) in [6.07, 6.45) is 2.07. The molecule has 2 aromatic rings. The molecular formula is C15H17N5O2. The number of carbonyl (C=O) groups excluding carboxylic acids is 2. The van der Waals surface area contributed by atoms with Gasteiger partial charge in [0.15, 0.2) is 0 Å². The van der Waals surface area contributed by atoms with Gasteiger partial charge in [-0.15, -0.1) is 5.10 Å². The monoisotopic (exact) mass is 299 g/mol. The summed E-state index contributed by atoms with van der Waals surface area (Å²) < 4.78 is 1.67. The van der Waals surface area contributed by atoms with Crippen molar-refractivity contribution in [1.29, 1.82) is 0 Å². The van der Waals surface area contributed by atoms with Crippen molar-refractivity contribution in [2.75, 3.05) is 0 Å². The fourth-order valence-corrected chi connectivity index (χ4v) is 2.54. The molecule has 1 N–H and O–H groups in total. The SMILES string of the molecule is CCn1nncc1CN1C(=O)NC(Cc2ccccc2)C1=O. The van der Waals surface area contributed by atoms with Gasteiger partial charge in [-0.05, 0) is 12.5 Å². The van der Waals surface area contributed by atoms with Crippen molar-refractivity contribution < 1.29 is 9.59 Å². The predicted octanol–water partition coefficient (Wildman–Crippen LogP) is 0.961. The zero-order chi connectivity index (χ0) is 15.5. The van der Waals surface area contributed by atoms with Gasteiger partial charge in [-0.2, -0.15) is 0 Å². The van der Waals surface area contributed by atoms with Gasteiger partial charge >= 0.3 is 6.03 Å². The standard InChI is InChI=1S/C15H17N5O2/c1-2-20-12(9-16-18-20)10-19-14(21)13(17-15(19)22)8-11-6-4-3-5-7-11/h3-7,9,13H,2,8,10H2,1H3,(H,17,22). The van der Waals surface area contributed by atoms with Crippen LogP contribution in [-0.2, 0) is 24.3 Å². The Morgan fingerprint density at radius 3 is 2.73 bits per heavy atom. The molecule has 1 aliphatic heterocycles. The Kier molecular flexibility index (Phi) is 3.86. The Hall–Kier alpha value is -2.70. The molecule has 0 bridgehead atoms. The Bertz CT molecular complexity index is 682. The summed E-state index contributed by atoms with van der Waals surface area (Å²) in [6, 6.07) is 8.76. The van der Waals surface area contributed by atoms with E-state index in [1.54, 1.807) is 10.9 Å². The molecule has 3 rings (SSSR count). The molecule has 22 heavy (non-hydrogen) atoms. The normalized spacial score (nSPS) is 17.9. The topological polar surface area (TPSA) is 80.1 Å². The van der Waals surface area contributed by atoms with Gasteiger partial charge in [-0.1, -0.05) is 35.5 Å². The number of urea groups is 1. The Morgan fingerprint density at radius 2 is 2.00 bits per heavy atom. The van der Waals surface area contributed by atoms with E-state index >= 15 is 0 Å². The molecule has 7 heteroatoms. The van der Waals surface area contributed by atoms with Crippen LogP contribution in [0.5, 0.6) is 0 Å². The third-order valence-corrected chi connectivity index (χ3v) is 3.71. The number of imide groups is 1. The number of rotatable bonds is 5. The summed E-state index contributed by atoms with van der Waals surface area (Å²) >= 11 is 0. The van der Waals surface area contributed by atoms with Crippen LogP contribution in [0.25, 0.3) is 0 Å². The number of benzene rings is 1. The molecule has 0 aliphatic carbocycles. The van der Waals surface area contributed by atoms with Gasteiger partial charge in [0.1, 0.15) is 6.04 Å². The van der Waals surface area contributed by atoms with Gasteiger partial charge in [-0.25, -0.2) is 9.48 Å². The Labute approximate surface area is 127 Å². The van der Waals surface area contributed by atoms with E-state index in [4.69, 9.17) is 0 Å². The molecule has 1 aromatic carbocycles. The van der Waals surface area contributed by atoms with Crippen LogP contribution in [0.1, 0.15) is 18.2 Å². The van der Waals surface area contributed by atoms with Gasteiger partial charge in [0.2, 0.25) is 0 Å². The lowest BCUT2D eigenvalue weighted by Gasteiger charge is -2.13. The first-order chi connectivity index (χ1) is 10.7. The smallest absolute Gasteiger partial charge is 0.325 e. The zero-order valence-corrected chi connectivity index (χ0v) is 12.3. The number of aromatic nitrogens is 3. The Morgan fingerprint density at radius 1 is 1.23 bits per heavy atom. The highest BCUT2D eigenvalue weighted by Gasteiger charge is 2.38. The maximum absolute atomic E-state index is 12.4. The summed E-state index contributed by atoms with van der Waals surface area (Å²) in [5.41, 5.74) is 1.76. The second kappa shape index (κ2) is 5.97.